The Balaban J connectivity index is 0.000000211. The molecule has 75 heavy (non-hydrogen) atoms. The van der Waals surface area contributed by atoms with Crippen molar-refractivity contribution in [1.29, 1.82) is 0 Å². The van der Waals surface area contributed by atoms with Crippen LogP contribution < -0.4 is 10.6 Å². The van der Waals surface area contributed by atoms with Crippen molar-refractivity contribution < 1.29 is 33.1 Å². The van der Waals surface area contributed by atoms with E-state index in [0.29, 0.717) is 24.2 Å². The Bertz CT molecular complexity index is 2970. The minimum Gasteiger partial charge on any atom is -0.478 e. The van der Waals surface area contributed by atoms with Gasteiger partial charge in [0.2, 0.25) is 11.8 Å². The van der Waals surface area contributed by atoms with E-state index in [-0.39, 0.29) is 29.2 Å². The van der Waals surface area contributed by atoms with Gasteiger partial charge in [-0.05, 0) is 139 Å². The van der Waals surface area contributed by atoms with E-state index in [1.165, 1.54) is 58.0 Å². The van der Waals surface area contributed by atoms with Crippen molar-refractivity contribution in [3.8, 4) is 0 Å². The number of hydrogen-bond acceptors (Lipinski definition) is 6. The Kier molecular flexibility index (Phi) is 22.9. The second-order valence-corrected chi connectivity index (χ2v) is 19.5. The molecule has 3 amide bonds. The highest BCUT2D eigenvalue weighted by atomic mass is 32.2. The molecule has 0 saturated heterocycles. The molecular weight excluding hydrogens is 981 g/mol. The first-order valence-corrected chi connectivity index (χ1v) is 26.7. The molecule has 0 aliphatic heterocycles. The van der Waals surface area contributed by atoms with Crippen LogP contribution in [0.3, 0.4) is 0 Å². The molecule has 8 aromatic rings. The monoisotopic (exact) mass is 1040 g/mol. The first-order chi connectivity index (χ1) is 36.5. The van der Waals surface area contributed by atoms with Crippen LogP contribution in [0.2, 0.25) is 0 Å². The summed E-state index contributed by atoms with van der Waals surface area (Å²) in [6, 6.07) is 65.8. The van der Waals surface area contributed by atoms with Crippen molar-refractivity contribution in [1.82, 2.24) is 4.90 Å². The number of carbonyl (C=O) groups excluding carboxylic acids is 3. The summed E-state index contributed by atoms with van der Waals surface area (Å²) in [6.45, 7) is 4.30. The van der Waals surface area contributed by atoms with Gasteiger partial charge in [-0.1, -0.05) is 135 Å². The Hall–Kier alpha value is -7.80. The summed E-state index contributed by atoms with van der Waals surface area (Å²) in [6.07, 6.45) is 3.04. The van der Waals surface area contributed by atoms with E-state index in [1.54, 1.807) is 28.4 Å². The van der Waals surface area contributed by atoms with E-state index < -0.39 is 23.6 Å². The van der Waals surface area contributed by atoms with Crippen molar-refractivity contribution in [3.05, 3.63) is 263 Å². The van der Waals surface area contributed by atoms with E-state index in [4.69, 9.17) is 5.11 Å². The fourth-order valence-corrected chi connectivity index (χ4v) is 9.54. The zero-order valence-electron chi connectivity index (χ0n) is 42.0. The molecule has 2 atom stereocenters. The zero-order valence-corrected chi connectivity index (χ0v) is 43.6. The van der Waals surface area contributed by atoms with Crippen LogP contribution >= 0.6 is 23.5 Å². The quantitative estimate of drug-likeness (QED) is 0.0651. The normalized spacial score (nSPS) is 11.3. The highest BCUT2D eigenvalue weighted by Gasteiger charge is 2.30. The number of halogens is 2. The third-order valence-electron chi connectivity index (χ3n) is 11.8. The van der Waals surface area contributed by atoms with E-state index in [0.717, 1.165) is 59.0 Å². The number of likely N-dealkylation sites (N-methyl/N-ethyl adjacent to an activating group) is 1. The van der Waals surface area contributed by atoms with Gasteiger partial charge in [0.15, 0.2) is 0 Å². The number of carboxylic acid groups (broad SMARTS) is 1. The van der Waals surface area contributed by atoms with Crippen molar-refractivity contribution in [2.75, 3.05) is 17.2 Å². The van der Waals surface area contributed by atoms with Gasteiger partial charge in [-0.15, -0.1) is 23.5 Å². The van der Waals surface area contributed by atoms with E-state index in [2.05, 4.69) is 78.2 Å². The highest BCUT2D eigenvalue weighted by Crippen LogP contribution is 2.27. The number of rotatable bonds is 20. The fourth-order valence-electron chi connectivity index (χ4n) is 7.83. The van der Waals surface area contributed by atoms with Crippen LogP contribution in [0.1, 0.15) is 69.7 Å². The number of amides is 3. The number of nitrogens with one attached hydrogen (secondary N) is 2. The molecule has 0 heterocycles. The average molecular weight is 1040 g/mol. The summed E-state index contributed by atoms with van der Waals surface area (Å²) in [7, 11) is 0. The molecule has 3 N–H and O–H groups in total. The van der Waals surface area contributed by atoms with Crippen molar-refractivity contribution in [2.24, 2.45) is 5.92 Å². The van der Waals surface area contributed by atoms with Crippen molar-refractivity contribution in [2.45, 2.75) is 66.9 Å². The molecule has 0 aliphatic rings. The first-order valence-electron chi connectivity index (χ1n) is 24.8. The number of thioether (sulfide) groups is 2. The topological polar surface area (TPSA) is 116 Å². The molecule has 0 spiro atoms. The summed E-state index contributed by atoms with van der Waals surface area (Å²) < 4.78 is 25.6. The molecule has 0 aliphatic carbocycles. The smallest absolute Gasteiger partial charge is 0.335 e. The molecule has 0 saturated carbocycles. The molecule has 0 fully saturated rings. The molecule has 8 aromatic carbocycles. The van der Waals surface area contributed by atoms with E-state index in [1.807, 2.05) is 116 Å². The maximum atomic E-state index is 13.5. The van der Waals surface area contributed by atoms with Crippen LogP contribution in [0.5, 0.6) is 0 Å². The van der Waals surface area contributed by atoms with Crippen molar-refractivity contribution >= 4 is 58.6 Å². The maximum absolute atomic E-state index is 13.5. The summed E-state index contributed by atoms with van der Waals surface area (Å²) in [5.74, 6) is -0.550. The summed E-state index contributed by atoms with van der Waals surface area (Å²) in [4.78, 5) is 53.7. The standard InChI is InChI=1S/C31H29FN2O2S.C25H27NOS.C7H5FO2/c1-2-34(31(36)25-13-15-26(32)16-14-25)29(21-23-9-5-3-6-10-23)30(35)33-27-17-19-28(20-18-27)37-22-24-11-7-4-8-12-24;1-2-9-22(18-20-10-5-3-6-11-20)25(27)26-23-14-16-24(17-15-23)28-19-21-12-7-4-8-13-21;8-6-3-1-5(2-4-6)7(9)10/h3-20,29H,2,21-22H2,1H3,(H,33,35);3-8,10-17,22H,2,9,18-19H2,1H3,(H,26,27);1-4H,(H,9,10)/t29-;22-;/m00./s1. The SMILES string of the molecule is CCC[C@@H](Cc1ccccc1)C(=O)Nc1ccc(SCc2ccccc2)cc1.CCN(C(=O)c1ccc(F)cc1)[C@@H](Cc1ccccc1)C(=O)Nc1ccc(SCc2ccccc2)cc1.O=C(O)c1ccc(F)cc1. The van der Waals surface area contributed by atoms with Crippen LogP contribution in [-0.2, 0) is 33.9 Å². The summed E-state index contributed by atoms with van der Waals surface area (Å²) in [5.41, 5.74) is 6.69. The maximum Gasteiger partial charge on any atom is 0.335 e. The van der Waals surface area contributed by atoms with Gasteiger partial charge < -0.3 is 20.6 Å². The number of nitrogens with zero attached hydrogens (tertiary/aromatic N) is 1. The number of hydrogen-bond donors (Lipinski definition) is 3. The van der Waals surface area contributed by atoms with Gasteiger partial charge in [-0.2, -0.15) is 0 Å². The zero-order chi connectivity index (χ0) is 53.2. The molecular formula is C63H61F2N3O5S2. The van der Waals surface area contributed by atoms with Gasteiger partial charge in [0.1, 0.15) is 17.7 Å². The predicted octanol–water partition coefficient (Wildman–Crippen LogP) is 14.9. The lowest BCUT2D eigenvalue weighted by Gasteiger charge is -2.30. The lowest BCUT2D eigenvalue weighted by molar-refractivity contribution is -0.121. The second kappa shape index (κ2) is 30.4. The Morgan fingerprint density at radius 3 is 1.27 bits per heavy atom. The molecule has 8 rings (SSSR count). The Morgan fingerprint density at radius 2 is 0.867 bits per heavy atom. The number of benzene rings is 8. The predicted molar refractivity (Wildman–Crippen MR) is 301 cm³/mol. The number of carboxylic acids is 1. The van der Waals surface area contributed by atoms with Crippen LogP contribution in [-0.4, -0.2) is 46.3 Å². The Labute approximate surface area is 447 Å². The van der Waals surface area contributed by atoms with Gasteiger partial charge in [-0.3, -0.25) is 14.4 Å². The van der Waals surface area contributed by atoms with Gasteiger partial charge in [0.25, 0.3) is 5.91 Å². The van der Waals surface area contributed by atoms with Crippen LogP contribution in [0, 0.1) is 17.6 Å². The molecule has 0 radical (unpaired) electrons. The van der Waals surface area contributed by atoms with Crippen LogP contribution in [0.4, 0.5) is 20.2 Å². The number of carbonyl (C=O) groups is 4. The van der Waals surface area contributed by atoms with Crippen LogP contribution in [0.25, 0.3) is 0 Å². The minimum absolute atomic E-state index is 0.000433. The first kappa shape index (κ1) is 56.5. The lowest BCUT2D eigenvalue weighted by Crippen LogP contribution is -2.48. The number of anilines is 2. The molecule has 0 unspecified atom stereocenters. The average Bonchev–Trinajstić information content (AvgIpc) is 3.44. The third kappa shape index (κ3) is 19.2. The molecule has 12 heteroatoms. The van der Waals surface area contributed by atoms with Gasteiger partial charge in [0, 0.05) is 57.1 Å². The van der Waals surface area contributed by atoms with E-state index >= 15 is 0 Å². The van der Waals surface area contributed by atoms with Gasteiger partial charge in [-0.25, -0.2) is 13.6 Å². The highest BCUT2D eigenvalue weighted by molar-refractivity contribution is 7.98. The summed E-state index contributed by atoms with van der Waals surface area (Å²) >= 11 is 3.53. The largest absolute Gasteiger partial charge is 0.478 e. The third-order valence-corrected chi connectivity index (χ3v) is 14.0. The Morgan fingerprint density at radius 1 is 0.480 bits per heavy atom. The molecule has 0 aromatic heterocycles. The van der Waals surface area contributed by atoms with Crippen molar-refractivity contribution in [3.63, 3.8) is 0 Å². The lowest BCUT2D eigenvalue weighted by atomic mass is 9.94. The van der Waals surface area contributed by atoms with Crippen LogP contribution in [0.15, 0.2) is 228 Å². The molecule has 0 bridgehead atoms. The molecule has 384 valence electrons. The second-order valence-electron chi connectivity index (χ2n) is 17.4. The van der Waals surface area contributed by atoms with Gasteiger partial charge in [0.05, 0.1) is 5.56 Å². The van der Waals surface area contributed by atoms with Gasteiger partial charge >= 0.3 is 5.97 Å². The fraction of sp³-hybridized carbons (Fsp3) is 0.175. The molecule has 8 nitrogen and oxygen atoms in total. The number of aromatic carboxylic acids is 1. The summed E-state index contributed by atoms with van der Waals surface area (Å²) in [5, 5.41) is 14.4. The van der Waals surface area contributed by atoms with E-state index in [9.17, 15) is 28.0 Å². The minimum atomic E-state index is -1.04.